The summed E-state index contributed by atoms with van der Waals surface area (Å²) in [7, 11) is -3.48. The molecule has 1 aromatic heterocycles. The fourth-order valence-electron chi connectivity index (χ4n) is 2.85. The number of benzene rings is 1. The fourth-order valence-corrected chi connectivity index (χ4v) is 4.37. The minimum atomic E-state index is -3.48. The van der Waals surface area contributed by atoms with Crippen molar-refractivity contribution < 1.29 is 17.6 Å². The molecule has 8 heteroatoms. The molecule has 1 N–H and O–H groups in total. The van der Waals surface area contributed by atoms with Crippen molar-refractivity contribution in [2.75, 3.05) is 26.2 Å². The lowest BCUT2D eigenvalue weighted by Gasteiger charge is -2.34. The Morgan fingerprint density at radius 2 is 1.72 bits per heavy atom. The summed E-state index contributed by atoms with van der Waals surface area (Å²) in [5, 5.41) is 0. The Morgan fingerprint density at radius 1 is 1.04 bits per heavy atom. The molecular weight excluding hydrogens is 345 g/mol. The predicted molar refractivity (Wildman–Crippen MR) is 91.7 cm³/mol. The summed E-state index contributed by atoms with van der Waals surface area (Å²) < 4.78 is 39.3. The Labute approximate surface area is 146 Å². The van der Waals surface area contributed by atoms with Gasteiger partial charge in [0.05, 0.1) is 12.2 Å². The van der Waals surface area contributed by atoms with Crippen LogP contribution in [0, 0.1) is 5.82 Å². The highest BCUT2D eigenvalue weighted by Crippen LogP contribution is 2.15. The molecule has 0 saturated carbocycles. The molecule has 0 unspecified atom stereocenters. The Balaban J connectivity index is 1.55. The van der Waals surface area contributed by atoms with Gasteiger partial charge in [0.1, 0.15) is 5.82 Å². The van der Waals surface area contributed by atoms with Gasteiger partial charge in [0.15, 0.2) is 0 Å². The van der Waals surface area contributed by atoms with Crippen LogP contribution in [-0.2, 0) is 27.0 Å². The molecule has 1 aromatic carbocycles. The van der Waals surface area contributed by atoms with Crippen LogP contribution in [0.3, 0.4) is 0 Å². The van der Waals surface area contributed by atoms with Crippen LogP contribution in [-0.4, -0.2) is 54.7 Å². The molecule has 6 nitrogen and oxygen atoms in total. The number of piperazine rings is 1. The number of nitrogens with one attached hydrogen (secondary N) is 1. The lowest BCUT2D eigenvalue weighted by Crippen LogP contribution is -2.51. The van der Waals surface area contributed by atoms with Gasteiger partial charge in [0, 0.05) is 38.6 Å². The summed E-state index contributed by atoms with van der Waals surface area (Å²) in [6, 6.07) is 7.30. The van der Waals surface area contributed by atoms with Crippen LogP contribution in [0.4, 0.5) is 4.39 Å². The number of sulfonamides is 1. The summed E-state index contributed by atoms with van der Waals surface area (Å²) in [5.74, 6) is -0.559. The first kappa shape index (κ1) is 17.6. The van der Waals surface area contributed by atoms with Gasteiger partial charge in [-0.1, -0.05) is 12.1 Å². The first-order valence-electron chi connectivity index (χ1n) is 8.06. The summed E-state index contributed by atoms with van der Waals surface area (Å²) in [4.78, 5) is 16.9. The Morgan fingerprint density at radius 3 is 2.32 bits per heavy atom. The van der Waals surface area contributed by atoms with Crippen molar-refractivity contribution in [3.63, 3.8) is 0 Å². The van der Waals surface area contributed by atoms with Gasteiger partial charge in [-0.05, 0) is 29.3 Å². The first-order valence-corrected chi connectivity index (χ1v) is 9.67. The van der Waals surface area contributed by atoms with E-state index in [0.717, 1.165) is 5.56 Å². The van der Waals surface area contributed by atoms with Gasteiger partial charge in [-0.2, -0.15) is 4.31 Å². The maximum absolute atomic E-state index is 12.9. The highest BCUT2D eigenvalue weighted by atomic mass is 32.2. The maximum Gasteiger partial charge on any atom is 0.227 e. The molecule has 2 aromatic rings. The van der Waals surface area contributed by atoms with Crippen molar-refractivity contribution in [3.05, 3.63) is 59.7 Å². The van der Waals surface area contributed by atoms with Crippen molar-refractivity contribution in [2.45, 2.75) is 12.2 Å². The van der Waals surface area contributed by atoms with E-state index in [1.54, 1.807) is 17.3 Å². The van der Waals surface area contributed by atoms with Crippen LogP contribution in [0.5, 0.6) is 0 Å². The van der Waals surface area contributed by atoms with E-state index >= 15 is 0 Å². The van der Waals surface area contributed by atoms with Gasteiger partial charge >= 0.3 is 0 Å². The minimum absolute atomic E-state index is 0.00446. The highest BCUT2D eigenvalue weighted by molar-refractivity contribution is 7.88. The van der Waals surface area contributed by atoms with E-state index in [0.29, 0.717) is 25.1 Å². The third-order valence-electron chi connectivity index (χ3n) is 4.26. The number of hydrogen-bond donors (Lipinski definition) is 1. The molecule has 25 heavy (non-hydrogen) atoms. The highest BCUT2D eigenvalue weighted by Gasteiger charge is 2.28. The Kier molecular flexibility index (Phi) is 5.19. The van der Waals surface area contributed by atoms with Crippen LogP contribution in [0.15, 0.2) is 42.7 Å². The molecule has 2 heterocycles. The molecule has 0 radical (unpaired) electrons. The Hall–Kier alpha value is -2.19. The van der Waals surface area contributed by atoms with Crippen LogP contribution >= 0.6 is 0 Å². The zero-order valence-corrected chi connectivity index (χ0v) is 14.5. The maximum atomic E-state index is 12.9. The van der Waals surface area contributed by atoms with Crippen molar-refractivity contribution >= 4 is 15.9 Å². The zero-order valence-electron chi connectivity index (χ0n) is 13.7. The van der Waals surface area contributed by atoms with Gasteiger partial charge < -0.3 is 9.88 Å². The molecule has 0 aliphatic carbocycles. The van der Waals surface area contributed by atoms with Gasteiger partial charge in [-0.3, -0.25) is 4.79 Å². The van der Waals surface area contributed by atoms with Crippen LogP contribution in [0.1, 0.15) is 11.1 Å². The standard InChI is InChI=1S/C17H20FN3O3S/c18-16-3-1-14(2-4-16)13-25(23,24)21-9-7-20(8-10-21)17(22)11-15-5-6-19-12-15/h1-6,12,19H,7-11,13H2. The van der Waals surface area contributed by atoms with Crippen LogP contribution < -0.4 is 0 Å². The van der Waals surface area contributed by atoms with Gasteiger partial charge in [0.2, 0.25) is 15.9 Å². The van der Waals surface area contributed by atoms with Crippen LogP contribution in [0.25, 0.3) is 0 Å². The topological polar surface area (TPSA) is 73.5 Å². The van der Waals surface area contributed by atoms with E-state index in [9.17, 15) is 17.6 Å². The third kappa shape index (κ3) is 4.46. The number of aromatic amines is 1. The second-order valence-corrected chi connectivity index (χ2v) is 8.03. The van der Waals surface area contributed by atoms with E-state index in [1.807, 2.05) is 6.07 Å². The minimum Gasteiger partial charge on any atom is -0.367 e. The SMILES string of the molecule is O=C(Cc1cc[nH]c1)N1CCN(S(=O)(=O)Cc2ccc(F)cc2)CC1. The van der Waals surface area contributed by atoms with E-state index in [4.69, 9.17) is 0 Å². The number of carbonyl (C=O) groups is 1. The largest absolute Gasteiger partial charge is 0.367 e. The summed E-state index contributed by atoms with van der Waals surface area (Å²) in [6.07, 6.45) is 3.86. The number of rotatable bonds is 5. The van der Waals surface area contributed by atoms with Crippen molar-refractivity contribution in [1.82, 2.24) is 14.2 Å². The molecular formula is C17H20FN3O3S. The smallest absolute Gasteiger partial charge is 0.227 e. The average Bonchev–Trinajstić information content (AvgIpc) is 3.10. The van der Waals surface area contributed by atoms with Gasteiger partial charge in [0.25, 0.3) is 0 Å². The lowest BCUT2D eigenvalue weighted by atomic mass is 10.2. The second-order valence-electron chi connectivity index (χ2n) is 6.06. The fraction of sp³-hybridized carbons (Fsp3) is 0.353. The van der Waals surface area contributed by atoms with E-state index in [1.165, 1.54) is 28.6 Å². The molecule has 0 atom stereocenters. The quantitative estimate of drug-likeness (QED) is 0.870. The summed E-state index contributed by atoms with van der Waals surface area (Å²) >= 11 is 0. The molecule has 0 spiro atoms. The molecule has 3 rings (SSSR count). The average molecular weight is 365 g/mol. The molecule has 134 valence electrons. The number of H-pyrrole nitrogens is 1. The van der Waals surface area contributed by atoms with Crippen LogP contribution in [0.2, 0.25) is 0 Å². The molecule has 0 bridgehead atoms. The normalized spacial score (nSPS) is 16.1. The molecule has 1 fully saturated rings. The Bertz CT molecular complexity index is 811. The third-order valence-corrected chi connectivity index (χ3v) is 6.11. The van der Waals surface area contributed by atoms with Gasteiger partial charge in [-0.25, -0.2) is 12.8 Å². The number of hydrogen-bond acceptors (Lipinski definition) is 3. The predicted octanol–water partition coefficient (Wildman–Crippen LogP) is 1.37. The van der Waals surface area contributed by atoms with Crippen molar-refractivity contribution in [3.8, 4) is 0 Å². The number of nitrogens with zero attached hydrogens (tertiary/aromatic N) is 2. The summed E-state index contributed by atoms with van der Waals surface area (Å²) in [6.45, 7) is 1.32. The molecule has 1 aliphatic rings. The second kappa shape index (κ2) is 7.37. The monoisotopic (exact) mass is 365 g/mol. The number of halogens is 1. The van der Waals surface area contributed by atoms with Gasteiger partial charge in [-0.15, -0.1) is 0 Å². The lowest BCUT2D eigenvalue weighted by molar-refractivity contribution is -0.131. The van der Waals surface area contributed by atoms with E-state index < -0.39 is 15.8 Å². The zero-order chi connectivity index (χ0) is 17.9. The molecule has 1 amide bonds. The van der Waals surface area contributed by atoms with Crippen molar-refractivity contribution in [2.24, 2.45) is 0 Å². The molecule has 1 aliphatic heterocycles. The van der Waals surface area contributed by atoms with Crippen molar-refractivity contribution in [1.29, 1.82) is 0 Å². The number of aromatic nitrogens is 1. The molecule has 1 saturated heterocycles. The summed E-state index contributed by atoms with van der Waals surface area (Å²) in [5.41, 5.74) is 1.46. The number of carbonyl (C=O) groups excluding carboxylic acids is 1. The van der Waals surface area contributed by atoms with E-state index in [2.05, 4.69) is 4.98 Å². The number of amides is 1. The van der Waals surface area contributed by atoms with E-state index in [-0.39, 0.29) is 24.7 Å². The first-order chi connectivity index (χ1) is 11.9.